The maximum atomic E-state index is 7.05. The van der Waals surface area contributed by atoms with E-state index in [-0.39, 0.29) is 6.04 Å². The number of aromatic nitrogens is 1. The van der Waals surface area contributed by atoms with Crippen LogP contribution >= 0.6 is 22.6 Å². The second-order valence-corrected chi connectivity index (χ2v) is 17.2. The van der Waals surface area contributed by atoms with Gasteiger partial charge >= 0.3 is 0 Å². The molecule has 0 fully saturated rings. The number of hydrogen-bond acceptors (Lipinski definition) is 3. The molecular formula is C59H40IN3O2. The van der Waals surface area contributed by atoms with Crippen LogP contribution in [0.3, 0.4) is 0 Å². The predicted octanol–water partition coefficient (Wildman–Crippen LogP) is 16.3. The molecule has 0 amide bonds. The van der Waals surface area contributed by atoms with Crippen molar-refractivity contribution in [1.29, 1.82) is 0 Å². The van der Waals surface area contributed by atoms with Crippen LogP contribution in [0.15, 0.2) is 225 Å². The van der Waals surface area contributed by atoms with Gasteiger partial charge in [0, 0.05) is 53.7 Å². The Morgan fingerprint density at radius 3 is 1.83 bits per heavy atom. The molecule has 5 nitrogen and oxygen atoms in total. The number of para-hydroxylation sites is 4. The summed E-state index contributed by atoms with van der Waals surface area (Å²) in [6, 6.07) is 72.2. The molecule has 0 radical (unpaired) electrons. The van der Waals surface area contributed by atoms with Crippen LogP contribution in [-0.2, 0) is 0 Å². The minimum absolute atomic E-state index is 0.161. The zero-order valence-electron chi connectivity index (χ0n) is 35.5. The lowest BCUT2D eigenvalue weighted by Crippen LogP contribution is -2.09. The molecule has 12 aromatic rings. The Morgan fingerprint density at radius 1 is 0.508 bits per heavy atom. The summed E-state index contributed by atoms with van der Waals surface area (Å²) in [5.74, 6) is 0.719. The number of furan rings is 2. The molecule has 9 aromatic carbocycles. The third-order valence-corrected chi connectivity index (χ3v) is 13.3. The van der Waals surface area contributed by atoms with Crippen molar-refractivity contribution >= 4 is 99.8 Å². The summed E-state index contributed by atoms with van der Waals surface area (Å²) >= 11 is 2.39. The second kappa shape index (κ2) is 16.2. The van der Waals surface area contributed by atoms with Crippen molar-refractivity contribution in [3.8, 4) is 27.9 Å². The van der Waals surface area contributed by atoms with Crippen LogP contribution in [0.25, 0.3) is 93.6 Å². The van der Waals surface area contributed by atoms with Gasteiger partial charge in [-0.05, 0) is 71.6 Å². The van der Waals surface area contributed by atoms with Crippen LogP contribution in [0.4, 0.5) is 0 Å². The van der Waals surface area contributed by atoms with E-state index in [1.54, 1.807) is 0 Å². The van der Waals surface area contributed by atoms with Crippen molar-refractivity contribution in [2.45, 2.75) is 13.0 Å². The molecule has 0 aliphatic heterocycles. The molecular weight excluding hydrogens is 910 g/mol. The monoisotopic (exact) mass is 949 g/mol. The summed E-state index contributed by atoms with van der Waals surface area (Å²) in [5, 5.41) is 6.65. The Bertz CT molecular complexity index is 3820. The Hall–Kier alpha value is -7.55. The zero-order chi connectivity index (χ0) is 43.4. The van der Waals surface area contributed by atoms with Gasteiger partial charge in [-0.2, -0.15) is 0 Å². The number of hydrogen-bond donors (Lipinski definition) is 0. The van der Waals surface area contributed by atoms with Gasteiger partial charge in [-0.15, -0.1) is 0 Å². The smallest absolute Gasteiger partial charge is 0.155 e. The summed E-state index contributed by atoms with van der Waals surface area (Å²) in [6.45, 7) is 2.14. The number of fused-ring (bicyclic) bond motifs is 10. The number of rotatable bonds is 8. The Kier molecular flexibility index (Phi) is 9.75. The molecule has 65 heavy (non-hydrogen) atoms. The average molecular weight is 950 g/mol. The third kappa shape index (κ3) is 6.75. The minimum atomic E-state index is -0.161. The lowest BCUT2D eigenvalue weighted by Gasteiger charge is -2.13. The zero-order valence-corrected chi connectivity index (χ0v) is 37.6. The van der Waals surface area contributed by atoms with Crippen molar-refractivity contribution in [3.05, 3.63) is 223 Å². The van der Waals surface area contributed by atoms with Gasteiger partial charge in [0.1, 0.15) is 22.3 Å². The lowest BCUT2D eigenvalue weighted by atomic mass is 9.97. The number of aliphatic imine (C=N–C) groups is 2. The third-order valence-electron chi connectivity index (χ3n) is 12.6. The SMILES string of the molecule is C[C@H](/N=C(\N=C(/CI)c1ccccc1)c1ccccc1)c1cccc(-c2cccc3c2oc2c(-c4ccc5c6c7oc8ccccc8c7ccc6n(-c6ccccc6)c5c4)cccc23)c1. The molecule has 0 N–H and O–H groups in total. The van der Waals surface area contributed by atoms with Crippen molar-refractivity contribution < 1.29 is 8.83 Å². The van der Waals surface area contributed by atoms with Crippen molar-refractivity contribution in [3.63, 3.8) is 0 Å². The Morgan fingerprint density at radius 2 is 1.11 bits per heavy atom. The van der Waals surface area contributed by atoms with Crippen LogP contribution in [0.5, 0.6) is 0 Å². The van der Waals surface area contributed by atoms with Gasteiger partial charge in [0.2, 0.25) is 0 Å². The highest BCUT2D eigenvalue weighted by atomic mass is 127. The van der Waals surface area contributed by atoms with E-state index < -0.39 is 0 Å². The van der Waals surface area contributed by atoms with E-state index in [2.05, 4.69) is 210 Å². The normalized spacial score (nSPS) is 13.0. The topological polar surface area (TPSA) is 55.9 Å². The van der Waals surface area contributed by atoms with E-state index >= 15 is 0 Å². The first-order valence-corrected chi connectivity index (χ1v) is 23.4. The number of amidine groups is 1. The molecule has 3 aromatic heterocycles. The van der Waals surface area contributed by atoms with E-state index in [4.69, 9.17) is 18.8 Å². The summed E-state index contributed by atoms with van der Waals surface area (Å²) in [4.78, 5) is 10.5. The highest BCUT2D eigenvalue weighted by Gasteiger charge is 2.21. The number of alkyl halides is 1. The van der Waals surface area contributed by atoms with Crippen LogP contribution < -0.4 is 0 Å². The van der Waals surface area contributed by atoms with Crippen LogP contribution in [0, 0.1) is 0 Å². The highest BCUT2D eigenvalue weighted by Crippen LogP contribution is 2.44. The first-order chi connectivity index (χ1) is 32.1. The van der Waals surface area contributed by atoms with E-state index in [1.807, 2.05) is 30.3 Å². The van der Waals surface area contributed by atoms with Gasteiger partial charge in [-0.3, -0.25) is 4.99 Å². The predicted molar refractivity (Wildman–Crippen MR) is 279 cm³/mol. The molecule has 3 heterocycles. The first-order valence-electron chi connectivity index (χ1n) is 21.9. The van der Waals surface area contributed by atoms with E-state index in [9.17, 15) is 0 Å². The molecule has 310 valence electrons. The summed E-state index contributed by atoms with van der Waals surface area (Å²) in [6.07, 6.45) is 0. The summed E-state index contributed by atoms with van der Waals surface area (Å²) < 4.78 is 16.8. The largest absolute Gasteiger partial charge is 0.455 e. The molecule has 0 spiro atoms. The Labute approximate surface area is 389 Å². The van der Waals surface area contributed by atoms with Gasteiger partial charge in [-0.1, -0.05) is 186 Å². The summed E-state index contributed by atoms with van der Waals surface area (Å²) in [5.41, 5.74) is 15.2. The number of halogens is 1. The fraction of sp³-hybridized carbons (Fsp3) is 0.0508. The molecule has 0 saturated heterocycles. The maximum Gasteiger partial charge on any atom is 0.155 e. The van der Waals surface area contributed by atoms with Crippen LogP contribution in [-0.4, -0.2) is 20.5 Å². The minimum Gasteiger partial charge on any atom is -0.455 e. The first kappa shape index (κ1) is 39.1. The molecule has 0 aliphatic rings. The molecule has 0 saturated carbocycles. The van der Waals surface area contributed by atoms with Gasteiger partial charge in [-0.25, -0.2) is 4.99 Å². The number of nitrogens with zero attached hydrogens (tertiary/aromatic N) is 3. The van der Waals surface area contributed by atoms with Gasteiger partial charge in [0.15, 0.2) is 5.84 Å². The quantitative estimate of drug-likeness (QED) is 0.0659. The summed E-state index contributed by atoms with van der Waals surface area (Å²) in [7, 11) is 0. The number of benzene rings is 9. The molecule has 12 rings (SSSR count). The van der Waals surface area contributed by atoms with Crippen LogP contribution in [0.2, 0.25) is 0 Å². The fourth-order valence-corrected chi connectivity index (χ4v) is 10.1. The van der Waals surface area contributed by atoms with Crippen molar-refractivity contribution in [1.82, 2.24) is 4.57 Å². The van der Waals surface area contributed by atoms with E-state index in [0.29, 0.717) is 0 Å². The van der Waals surface area contributed by atoms with Gasteiger partial charge < -0.3 is 13.4 Å². The standard InChI is InChI=1S/C59H40IN3O2/c1-37(61-59(39-18-7-3-8-19-39)62-51(36-60)38-16-5-2-6-17-38)40-20-13-21-41(34-40)44-25-14-27-47-48-28-15-26-45(57(48)65-56(44)47)42-30-31-50-53(35-42)63(43-22-9-4-10-23-43)52-33-32-49-46-24-11-12-29-54(46)64-58(49)55(50)52/h2-35,37H,36H2,1H3/b61-59-,62-51+/t37-/m0/s1. The fourth-order valence-electron chi connectivity index (χ4n) is 9.49. The van der Waals surface area contributed by atoms with Crippen LogP contribution in [0.1, 0.15) is 29.7 Å². The maximum absolute atomic E-state index is 7.05. The molecule has 0 aliphatic carbocycles. The highest BCUT2D eigenvalue weighted by molar-refractivity contribution is 14.1. The molecule has 1 atom stereocenters. The average Bonchev–Trinajstić information content (AvgIpc) is 4.05. The molecule has 0 unspecified atom stereocenters. The van der Waals surface area contributed by atoms with Gasteiger partial charge in [0.25, 0.3) is 0 Å². The Balaban J connectivity index is 0.973. The molecule has 6 heteroatoms. The van der Waals surface area contributed by atoms with E-state index in [0.717, 1.165) is 126 Å². The van der Waals surface area contributed by atoms with Crippen molar-refractivity contribution in [2.24, 2.45) is 9.98 Å². The second-order valence-electron chi connectivity index (χ2n) is 16.5. The molecule has 0 bridgehead atoms. The van der Waals surface area contributed by atoms with E-state index in [1.165, 1.54) is 0 Å². The van der Waals surface area contributed by atoms with Gasteiger partial charge in [0.05, 0.1) is 28.2 Å². The van der Waals surface area contributed by atoms with Crippen molar-refractivity contribution in [2.75, 3.05) is 4.43 Å². The lowest BCUT2D eigenvalue weighted by molar-refractivity contribution is 0.671.